The number of carbonyl (C=O) groups excluding carboxylic acids is 2. The Labute approximate surface area is 151 Å². The fourth-order valence-electron chi connectivity index (χ4n) is 4.14. The summed E-state index contributed by atoms with van der Waals surface area (Å²) in [5, 5.41) is 2.93. The third-order valence-corrected chi connectivity index (χ3v) is 5.70. The first-order valence-electron chi connectivity index (χ1n) is 9.04. The highest BCUT2D eigenvalue weighted by Crippen LogP contribution is 2.38. The largest absolute Gasteiger partial charge is 0.325 e. The third-order valence-electron chi connectivity index (χ3n) is 5.70. The number of carbonyl (C=O) groups is 2. The van der Waals surface area contributed by atoms with Crippen LogP contribution in [-0.2, 0) is 11.3 Å². The molecule has 1 aliphatic heterocycles. The number of pyridine rings is 1. The van der Waals surface area contributed by atoms with Gasteiger partial charge in [-0.1, -0.05) is 19.8 Å². The molecule has 7 heteroatoms. The first kappa shape index (κ1) is 16.8. The molecule has 1 aliphatic carbocycles. The van der Waals surface area contributed by atoms with Crippen LogP contribution in [0.1, 0.15) is 43.9 Å². The summed E-state index contributed by atoms with van der Waals surface area (Å²) in [5.74, 6) is -0.0866. The topological polar surface area (TPSA) is 83.8 Å². The van der Waals surface area contributed by atoms with E-state index in [0.717, 1.165) is 24.8 Å². The molecule has 0 radical (unpaired) electrons. The third kappa shape index (κ3) is 2.50. The Balaban J connectivity index is 1.67. The van der Waals surface area contributed by atoms with Crippen LogP contribution in [0.2, 0.25) is 0 Å². The summed E-state index contributed by atoms with van der Waals surface area (Å²) in [4.78, 5) is 43.5. The van der Waals surface area contributed by atoms with Crippen LogP contribution in [0.5, 0.6) is 0 Å². The molecule has 3 heterocycles. The number of amides is 3. The summed E-state index contributed by atoms with van der Waals surface area (Å²) in [7, 11) is 0. The molecular formula is C19H22N4O3. The summed E-state index contributed by atoms with van der Waals surface area (Å²) < 4.78 is 1.45. The van der Waals surface area contributed by atoms with E-state index in [4.69, 9.17) is 0 Å². The van der Waals surface area contributed by atoms with Crippen LogP contribution in [-0.4, -0.2) is 31.8 Å². The fourth-order valence-corrected chi connectivity index (χ4v) is 4.14. The molecule has 2 aromatic rings. The summed E-state index contributed by atoms with van der Waals surface area (Å²) >= 11 is 0. The molecule has 1 saturated heterocycles. The van der Waals surface area contributed by atoms with Gasteiger partial charge in [-0.3, -0.25) is 18.9 Å². The number of hydrogen-bond acceptors (Lipinski definition) is 4. The van der Waals surface area contributed by atoms with Gasteiger partial charge in [0, 0.05) is 12.3 Å². The average Bonchev–Trinajstić information content (AvgIpc) is 2.82. The number of aromatic nitrogens is 2. The quantitative estimate of drug-likeness (QED) is 0.836. The minimum Gasteiger partial charge on any atom is -0.323 e. The number of nitrogens with one attached hydrogen (secondary N) is 1. The van der Waals surface area contributed by atoms with E-state index in [1.807, 2.05) is 26.0 Å². The van der Waals surface area contributed by atoms with Crippen LogP contribution in [0.15, 0.2) is 29.2 Å². The Morgan fingerprint density at radius 2 is 2.08 bits per heavy atom. The number of hydrogen-bond donors (Lipinski definition) is 1. The second-order valence-electron chi connectivity index (χ2n) is 7.46. The Hall–Kier alpha value is -2.70. The summed E-state index contributed by atoms with van der Waals surface area (Å²) in [5.41, 5.74) is 0.902. The zero-order chi connectivity index (χ0) is 18.5. The maximum atomic E-state index is 13.0. The van der Waals surface area contributed by atoms with Gasteiger partial charge in [0.15, 0.2) is 0 Å². The number of rotatable bonds is 2. The lowest BCUT2D eigenvalue weighted by Crippen LogP contribution is -2.53. The zero-order valence-corrected chi connectivity index (χ0v) is 15.0. The summed E-state index contributed by atoms with van der Waals surface area (Å²) in [6.45, 7) is 3.95. The van der Waals surface area contributed by atoms with Crippen molar-refractivity contribution < 1.29 is 9.59 Å². The van der Waals surface area contributed by atoms with Gasteiger partial charge in [-0.05, 0) is 43.4 Å². The van der Waals surface area contributed by atoms with Crippen molar-refractivity contribution in [3.8, 4) is 0 Å². The van der Waals surface area contributed by atoms with E-state index >= 15 is 0 Å². The molecule has 4 rings (SSSR count). The van der Waals surface area contributed by atoms with E-state index in [1.165, 1.54) is 15.4 Å². The SMILES string of the molecule is Cc1ccn2c(=O)cc(CN3C(=O)N[C@]4(CCCC[C@H]4C)C3=O)nc2c1. The van der Waals surface area contributed by atoms with Crippen molar-refractivity contribution in [2.45, 2.75) is 51.6 Å². The van der Waals surface area contributed by atoms with E-state index in [0.29, 0.717) is 17.8 Å². The van der Waals surface area contributed by atoms with Gasteiger partial charge < -0.3 is 5.32 Å². The maximum Gasteiger partial charge on any atom is 0.325 e. The molecule has 7 nitrogen and oxygen atoms in total. The van der Waals surface area contributed by atoms with Gasteiger partial charge in [-0.15, -0.1) is 0 Å². The normalized spacial score (nSPS) is 25.9. The zero-order valence-electron chi connectivity index (χ0n) is 15.0. The molecule has 136 valence electrons. The highest BCUT2D eigenvalue weighted by atomic mass is 16.2. The minimum atomic E-state index is -0.794. The van der Waals surface area contributed by atoms with E-state index in [-0.39, 0.29) is 23.9 Å². The molecule has 3 amide bonds. The molecule has 0 unspecified atom stereocenters. The molecule has 0 aromatic carbocycles. The molecule has 2 aromatic heterocycles. The van der Waals surface area contributed by atoms with Crippen molar-refractivity contribution >= 4 is 17.6 Å². The number of imide groups is 1. The van der Waals surface area contributed by atoms with E-state index in [9.17, 15) is 14.4 Å². The Bertz CT molecular complexity index is 967. The van der Waals surface area contributed by atoms with Crippen molar-refractivity contribution in [2.24, 2.45) is 5.92 Å². The van der Waals surface area contributed by atoms with Gasteiger partial charge in [0.2, 0.25) is 0 Å². The molecule has 2 aliphatic rings. The molecule has 26 heavy (non-hydrogen) atoms. The van der Waals surface area contributed by atoms with Crippen molar-refractivity contribution in [1.82, 2.24) is 19.6 Å². The average molecular weight is 354 g/mol. The molecular weight excluding hydrogens is 332 g/mol. The van der Waals surface area contributed by atoms with Crippen LogP contribution in [0.3, 0.4) is 0 Å². The van der Waals surface area contributed by atoms with Crippen molar-refractivity contribution in [2.75, 3.05) is 0 Å². The highest BCUT2D eigenvalue weighted by Gasteiger charge is 2.54. The summed E-state index contributed by atoms with van der Waals surface area (Å²) in [6, 6.07) is 4.64. The van der Waals surface area contributed by atoms with Crippen LogP contribution >= 0.6 is 0 Å². The van der Waals surface area contributed by atoms with Crippen LogP contribution in [0, 0.1) is 12.8 Å². The molecule has 2 fully saturated rings. The standard InChI is InChI=1S/C19H22N4O3/c1-12-6-8-22-15(9-12)20-14(10-16(22)24)11-23-17(25)19(21-18(23)26)7-4-3-5-13(19)2/h6,8-10,13H,3-5,7,11H2,1-2H3,(H,21,26)/t13-,19+/m1/s1. The van der Waals surface area contributed by atoms with Crippen LogP contribution in [0.4, 0.5) is 4.79 Å². The van der Waals surface area contributed by atoms with E-state index < -0.39 is 11.6 Å². The first-order chi connectivity index (χ1) is 12.4. The molecule has 1 spiro atoms. The number of fused-ring (bicyclic) bond motifs is 1. The number of aryl methyl sites for hydroxylation is 1. The second-order valence-corrected chi connectivity index (χ2v) is 7.46. The maximum absolute atomic E-state index is 13.0. The van der Waals surface area contributed by atoms with Gasteiger partial charge in [0.25, 0.3) is 11.5 Å². The Morgan fingerprint density at radius 3 is 2.85 bits per heavy atom. The van der Waals surface area contributed by atoms with Crippen LogP contribution < -0.4 is 10.9 Å². The van der Waals surface area contributed by atoms with Crippen molar-refractivity contribution in [3.05, 3.63) is 46.0 Å². The Kier molecular flexibility index (Phi) is 3.82. The highest BCUT2D eigenvalue weighted by molar-refractivity contribution is 6.07. The molecule has 0 bridgehead atoms. The van der Waals surface area contributed by atoms with Gasteiger partial charge in [-0.2, -0.15) is 0 Å². The number of nitrogens with zero attached hydrogens (tertiary/aromatic N) is 3. The lowest BCUT2D eigenvalue weighted by atomic mass is 9.73. The smallest absolute Gasteiger partial charge is 0.323 e. The van der Waals surface area contributed by atoms with Gasteiger partial charge >= 0.3 is 6.03 Å². The number of urea groups is 1. The van der Waals surface area contributed by atoms with E-state index in [2.05, 4.69) is 10.3 Å². The second kappa shape index (κ2) is 5.93. The summed E-state index contributed by atoms with van der Waals surface area (Å²) in [6.07, 6.45) is 5.28. The minimum absolute atomic E-state index is 0.0127. The van der Waals surface area contributed by atoms with E-state index in [1.54, 1.807) is 6.20 Å². The van der Waals surface area contributed by atoms with Crippen LogP contribution in [0.25, 0.3) is 5.65 Å². The first-order valence-corrected chi connectivity index (χ1v) is 9.04. The van der Waals surface area contributed by atoms with Crippen molar-refractivity contribution in [3.63, 3.8) is 0 Å². The Morgan fingerprint density at radius 1 is 1.27 bits per heavy atom. The molecule has 1 N–H and O–H groups in total. The predicted molar refractivity (Wildman–Crippen MR) is 95.6 cm³/mol. The van der Waals surface area contributed by atoms with Crippen molar-refractivity contribution in [1.29, 1.82) is 0 Å². The lowest BCUT2D eigenvalue weighted by molar-refractivity contribution is -0.134. The predicted octanol–water partition coefficient (Wildman–Crippen LogP) is 2.00. The molecule has 1 saturated carbocycles. The fraction of sp³-hybridized carbons (Fsp3) is 0.474. The van der Waals surface area contributed by atoms with Gasteiger partial charge in [0.05, 0.1) is 12.2 Å². The van der Waals surface area contributed by atoms with Gasteiger partial charge in [-0.25, -0.2) is 9.78 Å². The lowest BCUT2D eigenvalue weighted by Gasteiger charge is -2.36. The monoisotopic (exact) mass is 354 g/mol. The molecule has 2 atom stereocenters. The van der Waals surface area contributed by atoms with Gasteiger partial charge in [0.1, 0.15) is 11.2 Å².